The molecule has 4 N–H and O–H groups in total. The number of benzene rings is 1. The van der Waals surface area contributed by atoms with E-state index in [0.717, 1.165) is 42.1 Å². The summed E-state index contributed by atoms with van der Waals surface area (Å²) in [4.78, 5) is 58.9. The molecule has 4 rings (SSSR count). The maximum Gasteiger partial charge on any atom is 0.326 e. The predicted octanol–water partition coefficient (Wildman–Crippen LogP) is 3.41. The summed E-state index contributed by atoms with van der Waals surface area (Å²) in [6, 6.07) is 9.43. The van der Waals surface area contributed by atoms with Crippen LogP contribution in [-0.2, 0) is 34.3 Å². The molecule has 2 aromatic heterocycles. The van der Waals surface area contributed by atoms with Gasteiger partial charge in [-0.2, -0.15) is 0 Å². The molecule has 1 aliphatic rings. The first-order valence-corrected chi connectivity index (χ1v) is 15.4. The number of carboxylic acid groups (broad SMARTS) is 1. The minimum Gasteiger partial charge on any atom is -0.480 e. The highest BCUT2D eigenvalue weighted by atomic mass is 16.4. The standard InChI is InChI=1S/C33H44N6O5/c1-22(2)18-26(37-33(44)39-16-10-4-5-11-17-39)30(40)35-27(19-23-21-38(3)29-14-7-6-13-25(23)29)31(41)36-28(32(42)43)20-24-12-8-9-15-34-24/h6-9,12-15,21-22,26-28H,4-5,10-11,16-20H2,1-3H3,(H,35,40)(H,36,41)(H,37,44)(H,42,43). The molecule has 1 aromatic carbocycles. The number of carbonyl (C=O) groups excluding carboxylic acids is 3. The molecule has 0 aliphatic carbocycles. The highest BCUT2D eigenvalue weighted by Crippen LogP contribution is 2.22. The van der Waals surface area contributed by atoms with E-state index in [-0.39, 0.29) is 24.8 Å². The minimum absolute atomic E-state index is 0.0152. The van der Waals surface area contributed by atoms with E-state index in [1.807, 2.05) is 55.9 Å². The van der Waals surface area contributed by atoms with E-state index in [9.17, 15) is 24.3 Å². The number of urea groups is 1. The molecule has 0 radical (unpaired) electrons. The Morgan fingerprint density at radius 3 is 2.16 bits per heavy atom. The zero-order chi connectivity index (χ0) is 31.6. The summed E-state index contributed by atoms with van der Waals surface area (Å²) in [5, 5.41) is 19.3. The molecule has 0 saturated carbocycles. The second-order valence-electron chi connectivity index (χ2n) is 12.0. The number of likely N-dealkylation sites (tertiary alicyclic amines) is 1. The Hall–Kier alpha value is -4.41. The van der Waals surface area contributed by atoms with Gasteiger partial charge in [-0.15, -0.1) is 0 Å². The zero-order valence-corrected chi connectivity index (χ0v) is 25.8. The number of hydrogen-bond acceptors (Lipinski definition) is 5. The summed E-state index contributed by atoms with van der Waals surface area (Å²) in [6.45, 7) is 5.21. The third-order valence-corrected chi connectivity index (χ3v) is 8.01. The quantitative estimate of drug-likeness (QED) is 0.249. The van der Waals surface area contributed by atoms with Gasteiger partial charge in [0, 0.05) is 62.0 Å². The van der Waals surface area contributed by atoms with Crippen LogP contribution in [-0.4, -0.2) is 74.6 Å². The first-order chi connectivity index (χ1) is 21.1. The summed E-state index contributed by atoms with van der Waals surface area (Å²) in [5.74, 6) is -2.23. The number of aromatic nitrogens is 2. The lowest BCUT2D eigenvalue weighted by atomic mass is 10.0. The fourth-order valence-corrected chi connectivity index (χ4v) is 5.71. The number of nitrogens with one attached hydrogen (secondary N) is 3. The van der Waals surface area contributed by atoms with Gasteiger partial charge in [-0.05, 0) is 48.9 Å². The molecular weight excluding hydrogens is 560 g/mol. The van der Waals surface area contributed by atoms with Crippen LogP contribution in [0.4, 0.5) is 4.79 Å². The van der Waals surface area contributed by atoms with Gasteiger partial charge in [0.2, 0.25) is 11.8 Å². The van der Waals surface area contributed by atoms with Crippen molar-refractivity contribution in [2.45, 2.75) is 76.9 Å². The minimum atomic E-state index is -1.25. The van der Waals surface area contributed by atoms with Gasteiger partial charge < -0.3 is 30.5 Å². The number of aryl methyl sites for hydroxylation is 1. The number of carbonyl (C=O) groups is 4. The highest BCUT2D eigenvalue weighted by Gasteiger charge is 2.32. The maximum absolute atomic E-state index is 13.8. The molecule has 11 heteroatoms. The first kappa shape index (κ1) is 32.5. The monoisotopic (exact) mass is 604 g/mol. The second kappa shape index (κ2) is 15.4. The maximum atomic E-state index is 13.8. The molecule has 3 aromatic rings. The third-order valence-electron chi connectivity index (χ3n) is 8.01. The van der Waals surface area contributed by atoms with Crippen molar-refractivity contribution in [1.29, 1.82) is 0 Å². The van der Waals surface area contributed by atoms with E-state index in [1.54, 1.807) is 29.3 Å². The summed E-state index contributed by atoms with van der Waals surface area (Å²) in [7, 11) is 1.91. The van der Waals surface area contributed by atoms with E-state index >= 15 is 0 Å². The van der Waals surface area contributed by atoms with Crippen LogP contribution in [0.15, 0.2) is 54.9 Å². The number of carboxylic acids is 1. The van der Waals surface area contributed by atoms with E-state index in [2.05, 4.69) is 20.9 Å². The lowest BCUT2D eigenvalue weighted by molar-refractivity contribution is -0.142. The van der Waals surface area contributed by atoms with Crippen LogP contribution < -0.4 is 16.0 Å². The Labute approximate surface area is 258 Å². The predicted molar refractivity (Wildman–Crippen MR) is 168 cm³/mol. The molecule has 0 bridgehead atoms. The Balaban J connectivity index is 1.57. The lowest BCUT2D eigenvalue weighted by Crippen LogP contribution is -2.58. The molecule has 3 unspecified atom stereocenters. The smallest absolute Gasteiger partial charge is 0.326 e. The molecule has 236 valence electrons. The van der Waals surface area contributed by atoms with Crippen LogP contribution in [0.25, 0.3) is 10.9 Å². The number of fused-ring (bicyclic) bond motifs is 1. The molecule has 1 saturated heterocycles. The highest BCUT2D eigenvalue weighted by molar-refractivity contribution is 5.94. The molecule has 1 aliphatic heterocycles. The van der Waals surface area contributed by atoms with Gasteiger partial charge in [0.15, 0.2) is 0 Å². The zero-order valence-electron chi connectivity index (χ0n) is 25.8. The van der Waals surface area contributed by atoms with Crippen molar-refractivity contribution >= 4 is 34.7 Å². The number of rotatable bonds is 12. The normalized spacial score (nSPS) is 15.7. The number of hydrogen-bond donors (Lipinski definition) is 4. The van der Waals surface area contributed by atoms with Gasteiger partial charge >= 0.3 is 12.0 Å². The molecular formula is C33H44N6O5. The average Bonchev–Trinajstić information content (AvgIpc) is 3.15. The van der Waals surface area contributed by atoms with Crippen LogP contribution in [0.3, 0.4) is 0 Å². The molecule has 4 amide bonds. The van der Waals surface area contributed by atoms with Gasteiger partial charge in [-0.1, -0.05) is 51.0 Å². The molecule has 0 spiro atoms. The molecule has 11 nitrogen and oxygen atoms in total. The molecule has 44 heavy (non-hydrogen) atoms. The summed E-state index contributed by atoms with van der Waals surface area (Å²) >= 11 is 0. The number of amides is 4. The van der Waals surface area contributed by atoms with Crippen LogP contribution in [0, 0.1) is 5.92 Å². The van der Waals surface area contributed by atoms with Crippen molar-refractivity contribution in [3.8, 4) is 0 Å². The third kappa shape index (κ3) is 8.81. The Kier molecular flexibility index (Phi) is 11.3. The van der Waals surface area contributed by atoms with Crippen molar-refractivity contribution in [1.82, 2.24) is 30.4 Å². The lowest BCUT2D eigenvalue weighted by Gasteiger charge is -2.28. The second-order valence-corrected chi connectivity index (χ2v) is 12.0. The number of nitrogens with zero attached hydrogens (tertiary/aromatic N) is 3. The van der Waals surface area contributed by atoms with Gasteiger partial charge in [0.25, 0.3) is 0 Å². The van der Waals surface area contributed by atoms with Gasteiger partial charge in [0.1, 0.15) is 18.1 Å². The van der Waals surface area contributed by atoms with Crippen molar-refractivity contribution < 1.29 is 24.3 Å². The van der Waals surface area contributed by atoms with Crippen LogP contribution in [0.1, 0.15) is 57.2 Å². The van der Waals surface area contributed by atoms with Gasteiger partial charge in [-0.3, -0.25) is 14.6 Å². The van der Waals surface area contributed by atoms with Crippen molar-refractivity contribution in [2.75, 3.05) is 13.1 Å². The average molecular weight is 605 g/mol. The SMILES string of the molecule is CC(C)CC(NC(=O)N1CCCCCC1)C(=O)NC(Cc1cn(C)c2ccccc12)C(=O)NC(Cc1ccccn1)C(=O)O. The molecule has 3 heterocycles. The van der Waals surface area contributed by atoms with Gasteiger partial charge in [0.05, 0.1) is 0 Å². The fraction of sp³-hybridized carbons (Fsp3) is 0.485. The van der Waals surface area contributed by atoms with Crippen molar-refractivity contribution in [3.05, 3.63) is 66.1 Å². The van der Waals surface area contributed by atoms with Crippen LogP contribution in [0.5, 0.6) is 0 Å². The summed E-state index contributed by atoms with van der Waals surface area (Å²) < 4.78 is 1.95. The summed E-state index contributed by atoms with van der Waals surface area (Å²) in [5.41, 5.74) is 2.31. The largest absolute Gasteiger partial charge is 0.480 e. The summed E-state index contributed by atoms with van der Waals surface area (Å²) in [6.07, 6.45) is 7.95. The Morgan fingerprint density at radius 1 is 0.841 bits per heavy atom. The van der Waals surface area contributed by atoms with Gasteiger partial charge in [-0.25, -0.2) is 9.59 Å². The van der Waals surface area contributed by atoms with E-state index in [1.165, 1.54) is 0 Å². The van der Waals surface area contributed by atoms with Crippen molar-refractivity contribution in [3.63, 3.8) is 0 Å². The van der Waals surface area contributed by atoms with Crippen LogP contribution >= 0.6 is 0 Å². The number of para-hydroxylation sites is 1. The van der Waals surface area contributed by atoms with Crippen molar-refractivity contribution in [2.24, 2.45) is 13.0 Å². The fourth-order valence-electron chi connectivity index (χ4n) is 5.71. The first-order valence-electron chi connectivity index (χ1n) is 15.4. The number of aliphatic carboxylic acids is 1. The Morgan fingerprint density at radius 2 is 1.50 bits per heavy atom. The van der Waals surface area contributed by atoms with E-state index in [4.69, 9.17) is 0 Å². The Bertz CT molecular complexity index is 1430. The van der Waals surface area contributed by atoms with Crippen LogP contribution in [0.2, 0.25) is 0 Å². The van der Waals surface area contributed by atoms with E-state index < -0.39 is 35.9 Å². The van der Waals surface area contributed by atoms with E-state index in [0.29, 0.717) is 25.2 Å². The molecule has 3 atom stereocenters. The topological polar surface area (TPSA) is 146 Å². The number of pyridine rings is 1. The molecule has 1 fully saturated rings.